The molecule has 178 valence electrons. The van der Waals surface area contributed by atoms with E-state index in [9.17, 15) is 23.2 Å². The number of likely N-dealkylation sites (tertiary alicyclic amines) is 2. The molecule has 0 bridgehead atoms. The van der Waals surface area contributed by atoms with Gasteiger partial charge in [-0.2, -0.15) is 0 Å². The maximum Gasteiger partial charge on any atom is 0.255 e. The molecule has 1 atom stereocenters. The van der Waals surface area contributed by atoms with Crippen molar-refractivity contribution in [1.29, 1.82) is 0 Å². The second kappa shape index (κ2) is 8.18. The van der Waals surface area contributed by atoms with E-state index < -0.39 is 29.0 Å². The Bertz CT molecular complexity index is 1170. The van der Waals surface area contributed by atoms with Crippen molar-refractivity contribution in [2.45, 2.75) is 44.2 Å². The highest BCUT2D eigenvalue weighted by Crippen LogP contribution is 2.48. The number of hydrogen-bond donors (Lipinski definition) is 0. The third kappa shape index (κ3) is 3.30. The van der Waals surface area contributed by atoms with Gasteiger partial charge in [-0.05, 0) is 56.5 Å². The maximum absolute atomic E-state index is 13.9. The molecule has 0 saturated carbocycles. The molecular formula is C26H27F2N3O3. The van der Waals surface area contributed by atoms with Gasteiger partial charge in [0.2, 0.25) is 5.91 Å². The Morgan fingerprint density at radius 2 is 1.65 bits per heavy atom. The molecule has 6 nitrogen and oxygen atoms in total. The zero-order valence-corrected chi connectivity index (χ0v) is 19.3. The lowest BCUT2D eigenvalue weighted by Gasteiger charge is -2.62. The van der Waals surface area contributed by atoms with Crippen LogP contribution in [0.1, 0.15) is 58.9 Å². The van der Waals surface area contributed by atoms with E-state index in [1.165, 1.54) is 11.0 Å². The number of carbonyl (C=O) groups is 3. The zero-order valence-electron chi connectivity index (χ0n) is 19.3. The van der Waals surface area contributed by atoms with Crippen molar-refractivity contribution in [3.63, 3.8) is 0 Å². The minimum Gasteiger partial charge on any atom is -0.342 e. The summed E-state index contributed by atoms with van der Waals surface area (Å²) in [5, 5.41) is 0. The van der Waals surface area contributed by atoms with Crippen LogP contribution in [0.2, 0.25) is 0 Å². The molecule has 1 spiro atoms. The molecule has 0 aliphatic carbocycles. The summed E-state index contributed by atoms with van der Waals surface area (Å²) >= 11 is 0. The van der Waals surface area contributed by atoms with Crippen LogP contribution in [0.5, 0.6) is 0 Å². The molecule has 34 heavy (non-hydrogen) atoms. The van der Waals surface area contributed by atoms with E-state index in [0.717, 1.165) is 25.0 Å². The lowest BCUT2D eigenvalue weighted by atomic mass is 9.67. The van der Waals surface area contributed by atoms with Crippen molar-refractivity contribution in [3.05, 3.63) is 70.8 Å². The number of benzene rings is 2. The molecule has 3 aliphatic heterocycles. The van der Waals surface area contributed by atoms with Gasteiger partial charge in [0.05, 0.1) is 11.5 Å². The fraction of sp³-hybridized carbons (Fsp3) is 0.423. The molecule has 2 aromatic rings. The lowest BCUT2D eigenvalue weighted by molar-refractivity contribution is -0.141. The number of amides is 3. The van der Waals surface area contributed by atoms with Crippen LogP contribution < -0.4 is 0 Å². The SMILES string of the molecule is CC(C)N1C(=O)c2ccccc2C(C(=O)N2CCCC2)C12CN(C(=O)c1ccc(F)c(F)c1)C2. The first-order valence-corrected chi connectivity index (χ1v) is 11.7. The summed E-state index contributed by atoms with van der Waals surface area (Å²) in [6, 6.07) is 10.1. The number of halogens is 2. The van der Waals surface area contributed by atoms with Crippen molar-refractivity contribution in [2.75, 3.05) is 26.2 Å². The summed E-state index contributed by atoms with van der Waals surface area (Å²) in [7, 11) is 0. The van der Waals surface area contributed by atoms with E-state index in [1.54, 1.807) is 17.0 Å². The molecule has 5 rings (SSSR count). The Morgan fingerprint density at radius 3 is 2.29 bits per heavy atom. The second-order valence-corrected chi connectivity index (χ2v) is 9.72. The van der Waals surface area contributed by atoms with Crippen LogP contribution in [-0.2, 0) is 4.79 Å². The molecule has 2 fully saturated rings. The Hall–Kier alpha value is -3.29. The minimum atomic E-state index is -1.09. The van der Waals surface area contributed by atoms with Crippen molar-refractivity contribution in [2.24, 2.45) is 0 Å². The normalized spacial score (nSPS) is 21.1. The fourth-order valence-electron chi connectivity index (χ4n) is 5.84. The third-order valence-electron chi connectivity index (χ3n) is 7.30. The summed E-state index contributed by atoms with van der Waals surface area (Å²) in [5.41, 5.74) is 0.355. The van der Waals surface area contributed by atoms with Gasteiger partial charge in [-0.15, -0.1) is 0 Å². The van der Waals surface area contributed by atoms with E-state index >= 15 is 0 Å². The molecule has 2 saturated heterocycles. The van der Waals surface area contributed by atoms with E-state index in [2.05, 4.69) is 0 Å². The molecule has 1 unspecified atom stereocenters. The predicted molar refractivity (Wildman–Crippen MR) is 121 cm³/mol. The van der Waals surface area contributed by atoms with Gasteiger partial charge in [-0.25, -0.2) is 8.78 Å². The van der Waals surface area contributed by atoms with Gasteiger partial charge >= 0.3 is 0 Å². The van der Waals surface area contributed by atoms with Crippen molar-refractivity contribution >= 4 is 17.7 Å². The lowest BCUT2D eigenvalue weighted by Crippen LogP contribution is -2.78. The van der Waals surface area contributed by atoms with Crippen LogP contribution in [-0.4, -0.2) is 70.2 Å². The van der Waals surface area contributed by atoms with Gasteiger partial charge in [-0.1, -0.05) is 18.2 Å². The molecule has 0 radical (unpaired) electrons. The van der Waals surface area contributed by atoms with Gasteiger partial charge < -0.3 is 14.7 Å². The minimum absolute atomic E-state index is 0.0250. The molecule has 8 heteroatoms. The largest absolute Gasteiger partial charge is 0.342 e. The van der Waals surface area contributed by atoms with E-state index in [4.69, 9.17) is 0 Å². The highest BCUT2D eigenvalue weighted by Gasteiger charge is 2.62. The number of carbonyl (C=O) groups excluding carboxylic acids is 3. The molecule has 3 heterocycles. The second-order valence-electron chi connectivity index (χ2n) is 9.72. The molecule has 3 aliphatic rings. The quantitative estimate of drug-likeness (QED) is 0.695. The Kier molecular flexibility index (Phi) is 5.41. The number of hydrogen-bond acceptors (Lipinski definition) is 3. The Labute approximate surface area is 197 Å². The van der Waals surface area contributed by atoms with Gasteiger partial charge in [0.1, 0.15) is 0 Å². The average molecular weight is 468 g/mol. The Balaban J connectivity index is 1.55. The topological polar surface area (TPSA) is 60.9 Å². The summed E-state index contributed by atoms with van der Waals surface area (Å²) in [5.74, 6) is -3.34. The smallest absolute Gasteiger partial charge is 0.255 e. The molecule has 2 aromatic carbocycles. The van der Waals surface area contributed by atoms with Crippen LogP contribution in [0.4, 0.5) is 8.78 Å². The average Bonchev–Trinajstić information content (AvgIpc) is 3.33. The monoisotopic (exact) mass is 467 g/mol. The summed E-state index contributed by atoms with van der Waals surface area (Å²) < 4.78 is 27.1. The first-order valence-electron chi connectivity index (χ1n) is 11.7. The summed E-state index contributed by atoms with van der Waals surface area (Å²) in [4.78, 5) is 45.7. The van der Waals surface area contributed by atoms with E-state index in [0.29, 0.717) is 24.2 Å². The summed E-state index contributed by atoms with van der Waals surface area (Å²) in [6.45, 7) is 5.47. The summed E-state index contributed by atoms with van der Waals surface area (Å²) in [6.07, 6.45) is 1.89. The Morgan fingerprint density at radius 1 is 0.971 bits per heavy atom. The number of rotatable bonds is 3. The van der Waals surface area contributed by atoms with Crippen molar-refractivity contribution in [3.8, 4) is 0 Å². The maximum atomic E-state index is 13.9. The first kappa shape index (κ1) is 22.5. The highest BCUT2D eigenvalue weighted by molar-refractivity contribution is 6.03. The van der Waals surface area contributed by atoms with E-state index in [-0.39, 0.29) is 36.5 Å². The van der Waals surface area contributed by atoms with Gasteiger partial charge in [-0.3, -0.25) is 14.4 Å². The number of fused-ring (bicyclic) bond motifs is 1. The first-order chi connectivity index (χ1) is 16.2. The van der Waals surface area contributed by atoms with Crippen molar-refractivity contribution < 1.29 is 23.2 Å². The molecule has 3 amide bonds. The van der Waals surface area contributed by atoms with Gasteiger partial charge in [0, 0.05) is 43.3 Å². The predicted octanol–water partition coefficient (Wildman–Crippen LogP) is 3.43. The van der Waals surface area contributed by atoms with Gasteiger partial charge in [0.15, 0.2) is 11.6 Å². The number of nitrogens with zero attached hydrogens (tertiary/aromatic N) is 3. The van der Waals surface area contributed by atoms with Crippen molar-refractivity contribution in [1.82, 2.24) is 14.7 Å². The third-order valence-corrected chi connectivity index (χ3v) is 7.30. The highest BCUT2D eigenvalue weighted by atomic mass is 19.2. The van der Waals surface area contributed by atoms with Gasteiger partial charge in [0.25, 0.3) is 11.8 Å². The standard InChI is InChI=1S/C26H27F2N3O3/c1-16(2)31-24(33)19-8-4-3-7-18(19)22(25(34)29-11-5-6-12-29)26(31)14-30(15-26)23(32)17-9-10-20(27)21(28)13-17/h3-4,7-10,13,16,22H,5-6,11-12,14-15H2,1-2H3. The van der Waals surface area contributed by atoms with Crippen LogP contribution >= 0.6 is 0 Å². The zero-order chi connectivity index (χ0) is 24.2. The van der Waals surface area contributed by atoms with E-state index in [1.807, 2.05) is 30.9 Å². The molecule has 0 aromatic heterocycles. The van der Waals surface area contributed by atoms with Crippen LogP contribution in [0.15, 0.2) is 42.5 Å². The molecule has 0 N–H and O–H groups in total. The molecular weight excluding hydrogens is 440 g/mol. The van der Waals surface area contributed by atoms with Crippen LogP contribution in [0.25, 0.3) is 0 Å². The fourth-order valence-corrected chi connectivity index (χ4v) is 5.84. The van der Waals surface area contributed by atoms with Crippen LogP contribution in [0.3, 0.4) is 0 Å². The van der Waals surface area contributed by atoms with Crippen LogP contribution in [0, 0.1) is 11.6 Å².